The molecule has 2 aromatic carbocycles. The second-order valence-electron chi connectivity index (χ2n) is 3.92. The second kappa shape index (κ2) is 6.24. The zero-order chi connectivity index (χ0) is 14.7. The van der Waals surface area contributed by atoms with Gasteiger partial charge < -0.3 is 10.1 Å². The van der Waals surface area contributed by atoms with E-state index in [1.807, 2.05) is 0 Å². The maximum absolute atomic E-state index is 13.2. The van der Waals surface area contributed by atoms with Crippen molar-refractivity contribution in [3.05, 3.63) is 57.3 Å². The third-order valence-electron chi connectivity index (χ3n) is 2.59. The molecule has 0 heterocycles. The Morgan fingerprint density at radius 1 is 1.30 bits per heavy atom. The molecule has 0 unspecified atom stereocenters. The number of hydrogen-bond donors (Lipinski definition) is 1. The molecule has 2 aromatic rings. The number of nitrogens with one attached hydrogen (secondary N) is 1. The average molecular weight is 359 g/mol. The smallest absolute Gasteiger partial charge is 0.259 e. The van der Waals surface area contributed by atoms with Crippen LogP contribution in [0.5, 0.6) is 5.75 Å². The van der Waals surface area contributed by atoms with Gasteiger partial charge in [0.15, 0.2) is 0 Å². The summed E-state index contributed by atoms with van der Waals surface area (Å²) in [5, 5.41) is 3.00. The van der Waals surface area contributed by atoms with Crippen LogP contribution in [0.25, 0.3) is 0 Å². The van der Waals surface area contributed by atoms with Crippen molar-refractivity contribution < 1.29 is 13.9 Å². The van der Waals surface area contributed by atoms with Crippen molar-refractivity contribution in [2.24, 2.45) is 0 Å². The summed E-state index contributed by atoms with van der Waals surface area (Å²) < 4.78 is 19.1. The molecule has 104 valence electrons. The van der Waals surface area contributed by atoms with Crippen LogP contribution in [0.3, 0.4) is 0 Å². The molecule has 0 fully saturated rings. The van der Waals surface area contributed by atoms with Gasteiger partial charge in [-0.15, -0.1) is 0 Å². The van der Waals surface area contributed by atoms with Crippen LogP contribution in [0, 0.1) is 5.82 Å². The van der Waals surface area contributed by atoms with Gasteiger partial charge in [-0.2, -0.15) is 0 Å². The van der Waals surface area contributed by atoms with Gasteiger partial charge >= 0.3 is 0 Å². The number of carbonyl (C=O) groups is 1. The van der Waals surface area contributed by atoms with Crippen molar-refractivity contribution in [2.45, 2.75) is 0 Å². The van der Waals surface area contributed by atoms with Gasteiger partial charge in [-0.1, -0.05) is 27.5 Å². The molecule has 20 heavy (non-hydrogen) atoms. The molecule has 0 aliphatic heterocycles. The van der Waals surface area contributed by atoms with Crippen molar-refractivity contribution in [2.75, 3.05) is 12.4 Å². The van der Waals surface area contributed by atoms with Crippen molar-refractivity contribution >= 4 is 39.1 Å². The van der Waals surface area contributed by atoms with Gasteiger partial charge in [-0.3, -0.25) is 4.79 Å². The first-order valence-corrected chi connectivity index (χ1v) is 6.78. The fraction of sp³-hybridized carbons (Fsp3) is 0.0714. The highest BCUT2D eigenvalue weighted by Crippen LogP contribution is 2.27. The van der Waals surface area contributed by atoms with Crippen LogP contribution in [0.15, 0.2) is 40.9 Å². The molecule has 0 spiro atoms. The highest BCUT2D eigenvalue weighted by molar-refractivity contribution is 9.10. The summed E-state index contributed by atoms with van der Waals surface area (Å²) >= 11 is 9.29. The molecule has 0 saturated heterocycles. The van der Waals surface area contributed by atoms with Gasteiger partial charge in [0.05, 0.1) is 23.4 Å². The van der Waals surface area contributed by atoms with E-state index in [4.69, 9.17) is 16.3 Å². The number of rotatable bonds is 3. The monoisotopic (exact) mass is 357 g/mol. The predicted octanol–water partition coefficient (Wildman–Crippen LogP) is 4.50. The topological polar surface area (TPSA) is 38.3 Å². The quantitative estimate of drug-likeness (QED) is 0.877. The summed E-state index contributed by atoms with van der Waals surface area (Å²) in [6.45, 7) is 0. The Kier molecular flexibility index (Phi) is 4.62. The van der Waals surface area contributed by atoms with Gasteiger partial charge in [0.2, 0.25) is 0 Å². The normalized spacial score (nSPS) is 10.2. The van der Waals surface area contributed by atoms with Crippen molar-refractivity contribution in [1.29, 1.82) is 0 Å². The van der Waals surface area contributed by atoms with E-state index in [2.05, 4.69) is 21.2 Å². The maximum atomic E-state index is 13.2. The number of methoxy groups -OCH3 is 1. The predicted molar refractivity (Wildman–Crippen MR) is 80.1 cm³/mol. The van der Waals surface area contributed by atoms with Crippen molar-refractivity contribution in [1.82, 2.24) is 0 Å². The first-order valence-electron chi connectivity index (χ1n) is 5.61. The molecule has 0 aliphatic carbocycles. The minimum absolute atomic E-state index is 0.103. The maximum Gasteiger partial charge on any atom is 0.259 e. The molecule has 0 atom stereocenters. The van der Waals surface area contributed by atoms with Crippen LogP contribution in [0.2, 0.25) is 5.02 Å². The molecule has 3 nitrogen and oxygen atoms in total. The lowest BCUT2D eigenvalue weighted by Gasteiger charge is -2.10. The summed E-state index contributed by atoms with van der Waals surface area (Å²) in [5.41, 5.74) is 0.540. The lowest BCUT2D eigenvalue weighted by molar-refractivity contribution is 0.102. The number of ether oxygens (including phenoxy) is 1. The molecule has 0 aliphatic rings. The van der Waals surface area contributed by atoms with Gasteiger partial charge in [0.1, 0.15) is 11.6 Å². The van der Waals surface area contributed by atoms with Crippen LogP contribution >= 0.6 is 27.5 Å². The number of halogens is 3. The third kappa shape index (κ3) is 3.29. The minimum atomic E-state index is -0.516. The van der Waals surface area contributed by atoms with Gasteiger partial charge in [0, 0.05) is 4.47 Å². The number of hydrogen-bond acceptors (Lipinski definition) is 2. The van der Waals surface area contributed by atoms with Crippen LogP contribution in [-0.4, -0.2) is 13.0 Å². The molecule has 6 heteroatoms. The van der Waals surface area contributed by atoms with E-state index >= 15 is 0 Å². The third-order valence-corrected chi connectivity index (χ3v) is 3.39. The van der Waals surface area contributed by atoms with Crippen LogP contribution < -0.4 is 10.1 Å². The Labute approximate surface area is 128 Å². The van der Waals surface area contributed by atoms with Gasteiger partial charge in [-0.05, 0) is 36.4 Å². The van der Waals surface area contributed by atoms with Gasteiger partial charge in [-0.25, -0.2) is 4.39 Å². The zero-order valence-electron chi connectivity index (χ0n) is 10.4. The molecule has 1 amide bonds. The fourth-order valence-electron chi connectivity index (χ4n) is 1.64. The van der Waals surface area contributed by atoms with Crippen molar-refractivity contribution in [3.8, 4) is 5.75 Å². The van der Waals surface area contributed by atoms with E-state index in [-0.39, 0.29) is 11.3 Å². The first kappa shape index (κ1) is 14.8. The number of anilines is 1. The molecule has 0 bridgehead atoms. The summed E-state index contributed by atoms with van der Waals surface area (Å²) in [6, 6.07) is 8.77. The number of amides is 1. The lowest BCUT2D eigenvalue weighted by atomic mass is 10.1. The molecule has 0 radical (unpaired) electrons. The van der Waals surface area contributed by atoms with Crippen LogP contribution in [0.4, 0.5) is 10.1 Å². The Bertz CT molecular complexity index is 664. The summed E-state index contributed by atoms with van der Waals surface area (Å²) in [7, 11) is 1.41. The van der Waals surface area contributed by atoms with E-state index in [9.17, 15) is 9.18 Å². The number of carbonyl (C=O) groups excluding carboxylic acids is 1. The van der Waals surface area contributed by atoms with Crippen LogP contribution in [0.1, 0.15) is 10.4 Å². The second-order valence-corrected chi connectivity index (χ2v) is 5.25. The minimum Gasteiger partial charge on any atom is -0.496 e. The molecular weight excluding hydrogens is 349 g/mol. The first-order chi connectivity index (χ1) is 9.51. The van der Waals surface area contributed by atoms with E-state index in [1.165, 1.54) is 19.2 Å². The Balaban J connectivity index is 2.30. The Hall–Kier alpha value is -1.59. The summed E-state index contributed by atoms with van der Waals surface area (Å²) in [5.74, 6) is -0.722. The Morgan fingerprint density at radius 2 is 2.05 bits per heavy atom. The zero-order valence-corrected chi connectivity index (χ0v) is 12.8. The van der Waals surface area contributed by atoms with E-state index < -0.39 is 11.7 Å². The molecule has 0 aromatic heterocycles. The number of benzene rings is 2. The van der Waals surface area contributed by atoms with Gasteiger partial charge in [0.25, 0.3) is 5.91 Å². The lowest BCUT2D eigenvalue weighted by Crippen LogP contribution is -2.13. The Morgan fingerprint density at radius 3 is 2.70 bits per heavy atom. The van der Waals surface area contributed by atoms with Crippen molar-refractivity contribution in [3.63, 3.8) is 0 Å². The standard InChI is InChI=1S/C14H10BrClFNO2/c1-20-13-5-3-9(17)7-10(13)14(19)18-12-4-2-8(15)6-11(12)16/h2-7H,1H3,(H,18,19). The molecule has 0 saturated carbocycles. The van der Waals surface area contributed by atoms with E-state index in [0.29, 0.717) is 10.7 Å². The van der Waals surface area contributed by atoms with E-state index in [1.54, 1.807) is 18.2 Å². The summed E-state index contributed by atoms with van der Waals surface area (Å²) in [4.78, 5) is 12.2. The molecule has 1 N–H and O–H groups in total. The molecule has 2 rings (SSSR count). The summed E-state index contributed by atoms with van der Waals surface area (Å²) in [6.07, 6.45) is 0. The molecular formula is C14H10BrClFNO2. The SMILES string of the molecule is COc1ccc(F)cc1C(=O)Nc1ccc(Br)cc1Cl. The van der Waals surface area contributed by atoms with E-state index in [0.717, 1.165) is 10.5 Å². The highest BCUT2D eigenvalue weighted by atomic mass is 79.9. The average Bonchev–Trinajstić information content (AvgIpc) is 2.41. The fourth-order valence-corrected chi connectivity index (χ4v) is 2.36. The largest absolute Gasteiger partial charge is 0.496 e. The highest BCUT2D eigenvalue weighted by Gasteiger charge is 2.14. The van der Waals surface area contributed by atoms with Crippen LogP contribution in [-0.2, 0) is 0 Å².